The van der Waals surface area contributed by atoms with E-state index in [-0.39, 0.29) is 0 Å². The van der Waals surface area contributed by atoms with Crippen LogP contribution in [0.3, 0.4) is 0 Å². The summed E-state index contributed by atoms with van der Waals surface area (Å²) in [5, 5.41) is 12.4. The molecule has 4 heteroatoms. The zero-order valence-corrected chi connectivity index (χ0v) is 10.8. The van der Waals surface area contributed by atoms with Crippen LogP contribution in [0, 0.1) is 18.3 Å². The van der Waals surface area contributed by atoms with Crippen molar-refractivity contribution in [1.82, 2.24) is 4.98 Å². The highest BCUT2D eigenvalue weighted by molar-refractivity contribution is 9.10. The van der Waals surface area contributed by atoms with Crippen molar-refractivity contribution >= 4 is 27.3 Å². The largest absolute Gasteiger partial charge is 0.353 e. The van der Waals surface area contributed by atoms with E-state index in [1.807, 2.05) is 31.2 Å². The van der Waals surface area contributed by atoms with Crippen LogP contribution in [0.4, 0.5) is 11.4 Å². The smallest absolute Gasteiger partial charge is 0.102 e. The number of hydrogen-bond acceptors (Lipinski definition) is 3. The van der Waals surface area contributed by atoms with Crippen molar-refractivity contribution in [3.63, 3.8) is 0 Å². The highest BCUT2D eigenvalue weighted by Gasteiger charge is 2.06. The molecule has 17 heavy (non-hydrogen) atoms. The Morgan fingerprint density at radius 1 is 1.29 bits per heavy atom. The minimum atomic E-state index is 0.663. The van der Waals surface area contributed by atoms with Crippen LogP contribution in [0.15, 0.2) is 41.1 Å². The minimum absolute atomic E-state index is 0.663. The number of nitrogens with one attached hydrogen (secondary N) is 1. The fourth-order valence-corrected chi connectivity index (χ4v) is 1.89. The normalized spacial score (nSPS) is 9.71. The van der Waals surface area contributed by atoms with E-state index < -0.39 is 0 Å². The maximum Gasteiger partial charge on any atom is 0.102 e. The summed E-state index contributed by atoms with van der Waals surface area (Å²) in [5.74, 6) is 0. The molecule has 0 saturated heterocycles. The van der Waals surface area contributed by atoms with Gasteiger partial charge in [0, 0.05) is 12.4 Å². The van der Waals surface area contributed by atoms with Gasteiger partial charge in [-0.15, -0.1) is 0 Å². The lowest BCUT2D eigenvalue weighted by molar-refractivity contribution is 1.30. The summed E-state index contributed by atoms with van der Waals surface area (Å²) in [6.07, 6.45) is 3.42. The van der Waals surface area contributed by atoms with Crippen LogP contribution in [-0.2, 0) is 0 Å². The summed E-state index contributed by atoms with van der Waals surface area (Å²) in [6, 6.07) is 9.80. The molecule has 84 valence electrons. The molecule has 1 aromatic carbocycles. The van der Waals surface area contributed by atoms with E-state index in [1.165, 1.54) is 0 Å². The van der Waals surface area contributed by atoms with E-state index in [4.69, 9.17) is 5.26 Å². The molecule has 1 N–H and O–H groups in total. The SMILES string of the molecule is Cc1cccc(Nc2ccncc2Br)c1C#N. The maximum atomic E-state index is 9.13. The van der Waals surface area contributed by atoms with E-state index in [1.54, 1.807) is 12.4 Å². The first-order valence-corrected chi connectivity index (χ1v) is 5.88. The van der Waals surface area contributed by atoms with Crippen molar-refractivity contribution in [3.05, 3.63) is 52.3 Å². The van der Waals surface area contributed by atoms with Crippen LogP contribution in [0.5, 0.6) is 0 Å². The number of halogens is 1. The first-order chi connectivity index (χ1) is 8.22. The van der Waals surface area contributed by atoms with Crippen molar-refractivity contribution < 1.29 is 0 Å². The number of hydrogen-bond donors (Lipinski definition) is 1. The maximum absolute atomic E-state index is 9.13. The Morgan fingerprint density at radius 3 is 2.82 bits per heavy atom. The monoisotopic (exact) mass is 287 g/mol. The predicted molar refractivity (Wildman–Crippen MR) is 71.1 cm³/mol. The van der Waals surface area contributed by atoms with Gasteiger partial charge in [0.1, 0.15) is 6.07 Å². The summed E-state index contributed by atoms with van der Waals surface area (Å²) >= 11 is 3.41. The number of pyridine rings is 1. The Morgan fingerprint density at radius 2 is 2.12 bits per heavy atom. The molecule has 0 spiro atoms. The van der Waals surface area contributed by atoms with Gasteiger partial charge in [0.2, 0.25) is 0 Å². The lowest BCUT2D eigenvalue weighted by Gasteiger charge is -2.10. The van der Waals surface area contributed by atoms with Gasteiger partial charge in [0.15, 0.2) is 0 Å². The number of anilines is 2. The topological polar surface area (TPSA) is 48.7 Å². The number of aryl methyl sites for hydroxylation is 1. The third kappa shape index (κ3) is 2.45. The minimum Gasteiger partial charge on any atom is -0.353 e. The van der Waals surface area contributed by atoms with Crippen LogP contribution >= 0.6 is 15.9 Å². The van der Waals surface area contributed by atoms with Gasteiger partial charge in [0.05, 0.1) is 21.4 Å². The molecule has 0 bridgehead atoms. The number of benzene rings is 1. The first-order valence-electron chi connectivity index (χ1n) is 5.08. The number of rotatable bonds is 2. The van der Waals surface area contributed by atoms with Crippen LogP contribution in [0.1, 0.15) is 11.1 Å². The summed E-state index contributed by atoms with van der Waals surface area (Å²) in [5.41, 5.74) is 3.32. The quantitative estimate of drug-likeness (QED) is 0.915. The average molecular weight is 288 g/mol. The van der Waals surface area contributed by atoms with Gasteiger partial charge in [-0.1, -0.05) is 12.1 Å². The van der Waals surface area contributed by atoms with Gasteiger partial charge >= 0.3 is 0 Å². The van der Waals surface area contributed by atoms with Gasteiger partial charge in [-0.25, -0.2) is 0 Å². The molecular weight excluding hydrogens is 278 g/mol. The molecule has 0 fully saturated rings. The van der Waals surface area contributed by atoms with Gasteiger partial charge in [-0.2, -0.15) is 5.26 Å². The number of nitrogens with zero attached hydrogens (tertiary/aromatic N) is 2. The second-order valence-electron chi connectivity index (χ2n) is 3.59. The molecule has 1 heterocycles. The highest BCUT2D eigenvalue weighted by atomic mass is 79.9. The van der Waals surface area contributed by atoms with E-state index in [0.717, 1.165) is 21.4 Å². The Hall–Kier alpha value is -1.86. The Bertz CT molecular complexity index is 587. The van der Waals surface area contributed by atoms with Crippen molar-refractivity contribution in [2.24, 2.45) is 0 Å². The Balaban J connectivity index is 2.41. The van der Waals surface area contributed by atoms with E-state index >= 15 is 0 Å². The molecule has 0 saturated carbocycles. The molecular formula is C13H10BrN3. The van der Waals surface area contributed by atoms with E-state index in [2.05, 4.69) is 32.3 Å². The zero-order chi connectivity index (χ0) is 12.3. The number of nitriles is 1. The fraction of sp³-hybridized carbons (Fsp3) is 0.0769. The molecule has 0 atom stereocenters. The van der Waals surface area contributed by atoms with Gasteiger partial charge in [0.25, 0.3) is 0 Å². The van der Waals surface area contributed by atoms with E-state index in [9.17, 15) is 0 Å². The molecule has 3 nitrogen and oxygen atoms in total. The molecule has 0 aliphatic carbocycles. The second kappa shape index (κ2) is 4.98. The van der Waals surface area contributed by atoms with Crippen molar-refractivity contribution in [2.75, 3.05) is 5.32 Å². The highest BCUT2D eigenvalue weighted by Crippen LogP contribution is 2.27. The standard InChI is InChI=1S/C13H10BrN3/c1-9-3-2-4-12(10(9)7-15)17-13-5-6-16-8-11(13)14/h2-6,8H,1H3,(H,16,17). The lowest BCUT2D eigenvalue weighted by Crippen LogP contribution is -1.96. The molecule has 0 unspecified atom stereocenters. The second-order valence-corrected chi connectivity index (χ2v) is 4.44. The average Bonchev–Trinajstić information content (AvgIpc) is 2.32. The van der Waals surface area contributed by atoms with Gasteiger partial charge in [-0.3, -0.25) is 4.98 Å². The third-order valence-electron chi connectivity index (χ3n) is 2.43. The summed E-state index contributed by atoms with van der Waals surface area (Å²) < 4.78 is 0.866. The Labute approximate surface area is 108 Å². The Kier molecular flexibility index (Phi) is 3.40. The van der Waals surface area contributed by atoms with Crippen LogP contribution in [0.25, 0.3) is 0 Å². The van der Waals surface area contributed by atoms with Crippen molar-refractivity contribution in [3.8, 4) is 6.07 Å². The molecule has 0 aliphatic rings. The third-order valence-corrected chi connectivity index (χ3v) is 3.06. The van der Waals surface area contributed by atoms with Crippen LogP contribution in [-0.4, -0.2) is 4.98 Å². The first kappa shape index (κ1) is 11.6. The molecule has 0 amide bonds. The van der Waals surface area contributed by atoms with Gasteiger partial charge < -0.3 is 5.32 Å². The van der Waals surface area contributed by atoms with Gasteiger partial charge in [-0.05, 0) is 40.5 Å². The predicted octanol–water partition coefficient (Wildman–Crippen LogP) is 3.77. The molecule has 2 aromatic rings. The summed E-state index contributed by atoms with van der Waals surface area (Å²) in [4.78, 5) is 3.99. The van der Waals surface area contributed by atoms with Crippen molar-refractivity contribution in [2.45, 2.75) is 6.92 Å². The van der Waals surface area contributed by atoms with Crippen LogP contribution in [0.2, 0.25) is 0 Å². The zero-order valence-electron chi connectivity index (χ0n) is 9.24. The molecule has 0 aliphatic heterocycles. The fourth-order valence-electron chi connectivity index (χ4n) is 1.54. The van der Waals surface area contributed by atoms with Crippen LogP contribution < -0.4 is 5.32 Å². The molecule has 2 rings (SSSR count). The van der Waals surface area contributed by atoms with Crippen molar-refractivity contribution in [1.29, 1.82) is 5.26 Å². The molecule has 1 aromatic heterocycles. The van der Waals surface area contributed by atoms with E-state index in [0.29, 0.717) is 5.56 Å². The number of aromatic nitrogens is 1. The summed E-state index contributed by atoms with van der Waals surface area (Å²) in [6.45, 7) is 1.92. The lowest BCUT2D eigenvalue weighted by atomic mass is 10.1. The summed E-state index contributed by atoms with van der Waals surface area (Å²) in [7, 11) is 0. The molecule has 0 radical (unpaired) electrons.